The van der Waals surface area contributed by atoms with Crippen LogP contribution < -0.4 is 10.5 Å². The predicted molar refractivity (Wildman–Crippen MR) is 89.4 cm³/mol. The normalized spacial score (nSPS) is 11.2. The molecule has 0 atom stereocenters. The largest absolute Gasteiger partial charge is 0.322 e. The first-order chi connectivity index (χ1) is 10.4. The lowest BCUT2D eigenvalue weighted by Crippen LogP contribution is -2.13. The average Bonchev–Trinajstić information content (AvgIpc) is 2.48. The van der Waals surface area contributed by atoms with E-state index in [2.05, 4.69) is 5.32 Å². The average molecular weight is 336 g/mol. The fourth-order valence-electron chi connectivity index (χ4n) is 1.85. The molecular weight excluding hydrogens is 320 g/mol. The summed E-state index contributed by atoms with van der Waals surface area (Å²) < 4.78 is 22.3. The molecule has 0 spiro atoms. The predicted octanol–water partition coefficient (Wildman–Crippen LogP) is 2.45. The lowest BCUT2D eigenvalue weighted by atomic mass is 10.1. The van der Waals surface area contributed by atoms with Crippen molar-refractivity contribution in [3.05, 3.63) is 59.7 Å². The SMILES string of the molecule is CSCc1ccc(C(=O)Nc2ccc(S(N)(=O)=O)cc2)cc1. The topological polar surface area (TPSA) is 89.3 Å². The van der Waals surface area contributed by atoms with Crippen molar-refractivity contribution < 1.29 is 13.2 Å². The number of primary sulfonamides is 1. The Hall–Kier alpha value is -1.83. The van der Waals surface area contributed by atoms with Gasteiger partial charge in [-0.2, -0.15) is 11.8 Å². The first-order valence-corrected chi connectivity index (χ1v) is 9.36. The Kier molecular flexibility index (Phi) is 5.23. The van der Waals surface area contributed by atoms with Gasteiger partial charge >= 0.3 is 0 Å². The Bertz CT molecular complexity index is 754. The number of amides is 1. The number of nitrogens with one attached hydrogen (secondary N) is 1. The molecule has 5 nitrogen and oxygen atoms in total. The molecule has 22 heavy (non-hydrogen) atoms. The van der Waals surface area contributed by atoms with E-state index in [4.69, 9.17) is 5.14 Å². The molecule has 0 radical (unpaired) electrons. The number of anilines is 1. The van der Waals surface area contributed by atoms with E-state index in [1.54, 1.807) is 23.9 Å². The molecule has 0 aliphatic carbocycles. The van der Waals surface area contributed by atoms with Gasteiger partial charge in [0.2, 0.25) is 10.0 Å². The summed E-state index contributed by atoms with van der Waals surface area (Å²) in [6.45, 7) is 0. The summed E-state index contributed by atoms with van der Waals surface area (Å²) in [5, 5.41) is 7.73. The number of thioether (sulfide) groups is 1. The standard InChI is InChI=1S/C15H16N2O3S2/c1-21-10-11-2-4-12(5-3-11)15(18)17-13-6-8-14(9-7-13)22(16,19)20/h2-9H,10H2,1H3,(H,17,18)(H2,16,19,20). The highest BCUT2D eigenvalue weighted by Gasteiger charge is 2.09. The van der Waals surface area contributed by atoms with Gasteiger partial charge in [0.25, 0.3) is 5.91 Å². The minimum absolute atomic E-state index is 0.00641. The molecule has 0 unspecified atom stereocenters. The highest BCUT2D eigenvalue weighted by atomic mass is 32.2. The van der Waals surface area contributed by atoms with Gasteiger partial charge < -0.3 is 5.32 Å². The Morgan fingerprint density at radius 1 is 1.09 bits per heavy atom. The second-order valence-electron chi connectivity index (χ2n) is 4.65. The van der Waals surface area contributed by atoms with Crippen molar-refractivity contribution in [1.82, 2.24) is 0 Å². The van der Waals surface area contributed by atoms with Crippen molar-refractivity contribution in [3.8, 4) is 0 Å². The third-order valence-electron chi connectivity index (χ3n) is 2.97. The maximum atomic E-state index is 12.1. The summed E-state index contributed by atoms with van der Waals surface area (Å²) in [5.74, 6) is 0.649. The fourth-order valence-corrected chi connectivity index (χ4v) is 2.89. The third-order valence-corrected chi connectivity index (χ3v) is 4.52. The quantitative estimate of drug-likeness (QED) is 0.877. The van der Waals surface area contributed by atoms with Crippen LogP contribution in [0.4, 0.5) is 5.69 Å². The summed E-state index contributed by atoms with van der Waals surface area (Å²) in [5.41, 5.74) is 2.20. The van der Waals surface area contributed by atoms with Crippen LogP contribution in [0.2, 0.25) is 0 Å². The number of hydrogen-bond donors (Lipinski definition) is 2. The second kappa shape index (κ2) is 6.95. The van der Waals surface area contributed by atoms with Gasteiger partial charge in [-0.3, -0.25) is 4.79 Å². The van der Waals surface area contributed by atoms with Crippen LogP contribution in [0.15, 0.2) is 53.4 Å². The number of sulfonamides is 1. The first-order valence-electron chi connectivity index (χ1n) is 6.42. The molecule has 0 aliphatic rings. The number of carbonyl (C=O) groups is 1. The lowest BCUT2D eigenvalue weighted by molar-refractivity contribution is 0.102. The van der Waals surface area contributed by atoms with Crippen molar-refractivity contribution in [2.75, 3.05) is 11.6 Å². The lowest BCUT2D eigenvalue weighted by Gasteiger charge is -2.07. The summed E-state index contributed by atoms with van der Waals surface area (Å²) in [7, 11) is -3.73. The van der Waals surface area contributed by atoms with E-state index in [0.717, 1.165) is 11.3 Å². The Labute approximate surface area is 134 Å². The van der Waals surface area contributed by atoms with Crippen LogP contribution in [0.25, 0.3) is 0 Å². The third kappa shape index (κ3) is 4.33. The molecule has 3 N–H and O–H groups in total. The van der Waals surface area contributed by atoms with Crippen molar-refractivity contribution in [1.29, 1.82) is 0 Å². The molecule has 2 aromatic carbocycles. The Morgan fingerprint density at radius 3 is 2.18 bits per heavy atom. The summed E-state index contributed by atoms with van der Waals surface area (Å²) in [6, 6.07) is 13.1. The number of carbonyl (C=O) groups excluding carboxylic acids is 1. The van der Waals surface area contributed by atoms with Crippen LogP contribution in [-0.4, -0.2) is 20.6 Å². The number of rotatable bonds is 5. The van der Waals surface area contributed by atoms with Crippen LogP contribution in [0.3, 0.4) is 0 Å². The summed E-state index contributed by atoms with van der Waals surface area (Å²) in [6.07, 6.45) is 2.02. The maximum absolute atomic E-state index is 12.1. The molecule has 7 heteroatoms. The van der Waals surface area contributed by atoms with E-state index >= 15 is 0 Å². The molecule has 116 valence electrons. The Balaban J connectivity index is 2.08. The minimum Gasteiger partial charge on any atom is -0.322 e. The van der Waals surface area contributed by atoms with Gasteiger partial charge in [-0.05, 0) is 48.2 Å². The highest BCUT2D eigenvalue weighted by molar-refractivity contribution is 7.97. The van der Waals surface area contributed by atoms with Crippen molar-refractivity contribution in [3.63, 3.8) is 0 Å². The smallest absolute Gasteiger partial charge is 0.255 e. The molecule has 0 saturated carbocycles. The molecule has 0 bridgehead atoms. The second-order valence-corrected chi connectivity index (χ2v) is 7.08. The zero-order valence-electron chi connectivity index (χ0n) is 11.9. The summed E-state index contributed by atoms with van der Waals surface area (Å²) in [4.78, 5) is 12.1. The number of hydrogen-bond acceptors (Lipinski definition) is 4. The van der Waals surface area contributed by atoms with Gasteiger partial charge in [-0.15, -0.1) is 0 Å². The van der Waals surface area contributed by atoms with E-state index in [0.29, 0.717) is 11.3 Å². The summed E-state index contributed by atoms with van der Waals surface area (Å²) >= 11 is 1.72. The van der Waals surface area contributed by atoms with Crippen LogP contribution in [0, 0.1) is 0 Å². The molecule has 0 fully saturated rings. The van der Waals surface area contributed by atoms with Gasteiger partial charge in [0, 0.05) is 17.0 Å². The van der Waals surface area contributed by atoms with E-state index in [1.807, 2.05) is 18.4 Å². The van der Waals surface area contributed by atoms with Gasteiger partial charge in [-0.25, -0.2) is 13.6 Å². The van der Waals surface area contributed by atoms with Crippen LogP contribution >= 0.6 is 11.8 Å². The molecule has 1 amide bonds. The van der Waals surface area contributed by atoms with Crippen LogP contribution in [-0.2, 0) is 15.8 Å². The molecule has 2 rings (SSSR count). The molecule has 0 aromatic heterocycles. The zero-order chi connectivity index (χ0) is 16.2. The molecule has 2 aromatic rings. The maximum Gasteiger partial charge on any atom is 0.255 e. The number of nitrogens with two attached hydrogens (primary N) is 1. The van der Waals surface area contributed by atoms with Gasteiger partial charge in [-0.1, -0.05) is 12.1 Å². The van der Waals surface area contributed by atoms with Crippen LogP contribution in [0.1, 0.15) is 15.9 Å². The fraction of sp³-hybridized carbons (Fsp3) is 0.133. The monoisotopic (exact) mass is 336 g/mol. The Morgan fingerprint density at radius 2 is 1.68 bits per heavy atom. The number of benzene rings is 2. The molecule has 0 saturated heterocycles. The molecule has 0 aliphatic heterocycles. The van der Waals surface area contributed by atoms with E-state index < -0.39 is 10.0 Å². The van der Waals surface area contributed by atoms with Crippen molar-refractivity contribution in [2.24, 2.45) is 5.14 Å². The van der Waals surface area contributed by atoms with Gasteiger partial charge in [0.15, 0.2) is 0 Å². The molecular formula is C15H16N2O3S2. The van der Waals surface area contributed by atoms with Crippen molar-refractivity contribution >= 4 is 33.4 Å². The van der Waals surface area contributed by atoms with E-state index in [9.17, 15) is 13.2 Å². The van der Waals surface area contributed by atoms with Gasteiger partial charge in [0.05, 0.1) is 4.90 Å². The minimum atomic E-state index is -3.73. The van der Waals surface area contributed by atoms with Crippen molar-refractivity contribution in [2.45, 2.75) is 10.6 Å². The first kappa shape index (κ1) is 16.5. The van der Waals surface area contributed by atoms with E-state index in [1.165, 1.54) is 24.3 Å². The zero-order valence-corrected chi connectivity index (χ0v) is 13.6. The molecule has 0 heterocycles. The van der Waals surface area contributed by atoms with Crippen LogP contribution in [0.5, 0.6) is 0 Å². The highest BCUT2D eigenvalue weighted by Crippen LogP contribution is 2.15. The van der Waals surface area contributed by atoms with E-state index in [-0.39, 0.29) is 10.8 Å². The van der Waals surface area contributed by atoms with Gasteiger partial charge in [0.1, 0.15) is 0 Å².